The highest BCUT2D eigenvalue weighted by Crippen LogP contribution is 2.25. The predicted molar refractivity (Wildman–Crippen MR) is 95.1 cm³/mol. The zero-order chi connectivity index (χ0) is 17.2. The molecule has 0 spiro atoms. The van der Waals surface area contributed by atoms with Gasteiger partial charge in [0.05, 0.1) is 11.4 Å². The summed E-state index contributed by atoms with van der Waals surface area (Å²) < 4.78 is 28.7. The SMILES string of the molecule is NS(=O)(=O)c1ccc(N2CCCC(Oc3cccc(Cl)c3)C2)cc1. The number of sulfonamides is 1. The summed E-state index contributed by atoms with van der Waals surface area (Å²) in [4.78, 5) is 2.31. The summed E-state index contributed by atoms with van der Waals surface area (Å²) in [5, 5.41) is 5.78. The molecule has 2 aromatic carbocycles. The molecule has 128 valence electrons. The lowest BCUT2D eigenvalue weighted by Gasteiger charge is -2.34. The molecular weight excluding hydrogens is 348 g/mol. The highest BCUT2D eigenvalue weighted by molar-refractivity contribution is 7.89. The lowest BCUT2D eigenvalue weighted by molar-refractivity contribution is 0.179. The van der Waals surface area contributed by atoms with Crippen LogP contribution in [-0.2, 0) is 10.0 Å². The van der Waals surface area contributed by atoms with E-state index in [-0.39, 0.29) is 11.0 Å². The third kappa shape index (κ3) is 4.20. The standard InChI is InChI=1S/C17H19ClN2O3S/c18-13-3-1-4-15(11-13)23-16-5-2-10-20(12-16)14-6-8-17(9-7-14)24(19,21)22/h1,3-4,6-9,11,16H,2,5,10,12H2,(H2,19,21,22). The van der Waals surface area contributed by atoms with E-state index in [1.807, 2.05) is 18.2 Å². The van der Waals surface area contributed by atoms with E-state index in [4.69, 9.17) is 21.5 Å². The Morgan fingerprint density at radius 1 is 1.17 bits per heavy atom. The third-order valence-corrected chi connectivity index (χ3v) is 5.17. The Morgan fingerprint density at radius 2 is 1.92 bits per heavy atom. The number of hydrogen-bond acceptors (Lipinski definition) is 4. The Kier molecular flexibility index (Phi) is 4.99. The van der Waals surface area contributed by atoms with Crippen LogP contribution in [0.25, 0.3) is 0 Å². The molecule has 3 rings (SSSR count). The predicted octanol–water partition coefficient (Wildman–Crippen LogP) is 3.04. The van der Waals surface area contributed by atoms with Crippen molar-refractivity contribution in [2.75, 3.05) is 18.0 Å². The highest BCUT2D eigenvalue weighted by atomic mass is 35.5. The molecule has 0 amide bonds. The van der Waals surface area contributed by atoms with E-state index in [1.165, 1.54) is 12.1 Å². The Labute approximate surface area is 147 Å². The second-order valence-electron chi connectivity index (χ2n) is 5.82. The number of nitrogens with two attached hydrogens (primary N) is 1. The Hall–Kier alpha value is -1.76. The maximum absolute atomic E-state index is 11.3. The van der Waals surface area contributed by atoms with Gasteiger partial charge in [-0.1, -0.05) is 17.7 Å². The number of benzene rings is 2. The lowest BCUT2D eigenvalue weighted by atomic mass is 10.1. The van der Waals surface area contributed by atoms with Crippen LogP contribution >= 0.6 is 11.6 Å². The fourth-order valence-electron chi connectivity index (χ4n) is 2.85. The number of halogens is 1. The normalized spacial score (nSPS) is 18.4. The molecule has 1 heterocycles. The molecule has 0 aromatic heterocycles. The quantitative estimate of drug-likeness (QED) is 0.902. The average Bonchev–Trinajstić information content (AvgIpc) is 2.54. The number of piperidine rings is 1. The van der Waals surface area contributed by atoms with Gasteiger partial charge in [0.2, 0.25) is 10.0 Å². The second-order valence-corrected chi connectivity index (χ2v) is 7.82. The summed E-state index contributed by atoms with van der Waals surface area (Å²) in [5.74, 6) is 0.763. The van der Waals surface area contributed by atoms with E-state index in [1.54, 1.807) is 18.2 Å². The van der Waals surface area contributed by atoms with E-state index in [2.05, 4.69) is 4.90 Å². The topological polar surface area (TPSA) is 72.6 Å². The fourth-order valence-corrected chi connectivity index (χ4v) is 3.54. The molecule has 0 saturated carbocycles. The maximum atomic E-state index is 11.3. The number of hydrogen-bond donors (Lipinski definition) is 1. The largest absolute Gasteiger partial charge is 0.489 e. The number of nitrogens with zero attached hydrogens (tertiary/aromatic N) is 1. The van der Waals surface area contributed by atoms with Gasteiger partial charge in [-0.25, -0.2) is 13.6 Å². The number of ether oxygens (including phenoxy) is 1. The van der Waals surface area contributed by atoms with Crippen molar-refractivity contribution in [2.24, 2.45) is 5.14 Å². The molecule has 1 aliphatic rings. The summed E-state index contributed by atoms with van der Waals surface area (Å²) in [6.07, 6.45) is 2.04. The number of primary sulfonamides is 1. The minimum Gasteiger partial charge on any atom is -0.489 e. The molecule has 1 atom stereocenters. The summed E-state index contributed by atoms with van der Waals surface area (Å²) in [7, 11) is -3.66. The number of rotatable bonds is 4. The minimum atomic E-state index is -3.66. The average molecular weight is 367 g/mol. The van der Waals surface area contributed by atoms with Crippen molar-refractivity contribution >= 4 is 27.3 Å². The van der Waals surface area contributed by atoms with Crippen LogP contribution < -0.4 is 14.8 Å². The summed E-state index contributed by atoms with van der Waals surface area (Å²) >= 11 is 5.99. The van der Waals surface area contributed by atoms with Crippen molar-refractivity contribution in [3.63, 3.8) is 0 Å². The molecule has 24 heavy (non-hydrogen) atoms. The molecule has 1 saturated heterocycles. The molecule has 0 aliphatic carbocycles. The maximum Gasteiger partial charge on any atom is 0.238 e. The van der Waals surface area contributed by atoms with Crippen LogP contribution in [0.4, 0.5) is 5.69 Å². The first-order chi connectivity index (χ1) is 11.4. The van der Waals surface area contributed by atoms with Crippen LogP contribution in [0.3, 0.4) is 0 Å². The van der Waals surface area contributed by atoms with Gasteiger partial charge < -0.3 is 9.64 Å². The second kappa shape index (κ2) is 7.01. The molecule has 0 bridgehead atoms. The fraction of sp³-hybridized carbons (Fsp3) is 0.294. The Balaban J connectivity index is 1.69. The van der Waals surface area contributed by atoms with E-state index in [0.717, 1.165) is 37.4 Å². The lowest BCUT2D eigenvalue weighted by Crippen LogP contribution is -2.41. The Bertz CT molecular complexity index is 809. The molecule has 2 N–H and O–H groups in total. The molecular formula is C17H19ClN2O3S. The third-order valence-electron chi connectivity index (χ3n) is 4.01. The Morgan fingerprint density at radius 3 is 2.58 bits per heavy atom. The van der Waals surface area contributed by atoms with Gasteiger partial charge in [0.1, 0.15) is 11.9 Å². The van der Waals surface area contributed by atoms with Crippen molar-refractivity contribution in [3.05, 3.63) is 53.6 Å². The molecule has 0 radical (unpaired) electrons. The van der Waals surface area contributed by atoms with Gasteiger partial charge in [-0.05, 0) is 55.3 Å². The van der Waals surface area contributed by atoms with Gasteiger partial charge in [-0.15, -0.1) is 0 Å². The zero-order valence-corrected chi connectivity index (χ0v) is 14.6. The van der Waals surface area contributed by atoms with Gasteiger partial charge >= 0.3 is 0 Å². The van der Waals surface area contributed by atoms with Crippen LogP contribution in [0, 0.1) is 0 Å². The molecule has 5 nitrogen and oxygen atoms in total. The molecule has 1 unspecified atom stereocenters. The minimum absolute atomic E-state index is 0.0649. The summed E-state index contributed by atoms with van der Waals surface area (Å²) in [5.41, 5.74) is 0.960. The first kappa shape index (κ1) is 17.1. The van der Waals surface area contributed by atoms with Crippen molar-refractivity contribution in [2.45, 2.75) is 23.8 Å². The summed E-state index contributed by atoms with van der Waals surface area (Å²) in [6, 6.07) is 14.0. The summed E-state index contributed by atoms with van der Waals surface area (Å²) in [6.45, 7) is 1.64. The smallest absolute Gasteiger partial charge is 0.238 e. The molecule has 7 heteroatoms. The van der Waals surface area contributed by atoms with E-state index >= 15 is 0 Å². The van der Waals surface area contributed by atoms with Gasteiger partial charge in [-0.2, -0.15) is 0 Å². The monoisotopic (exact) mass is 366 g/mol. The van der Waals surface area contributed by atoms with Crippen molar-refractivity contribution in [1.29, 1.82) is 0 Å². The first-order valence-corrected chi connectivity index (χ1v) is 9.64. The van der Waals surface area contributed by atoms with Gasteiger partial charge in [0.25, 0.3) is 0 Å². The van der Waals surface area contributed by atoms with Crippen LogP contribution in [0.15, 0.2) is 53.4 Å². The molecule has 1 fully saturated rings. The van der Waals surface area contributed by atoms with Gasteiger partial charge in [0, 0.05) is 17.3 Å². The van der Waals surface area contributed by atoms with Crippen LogP contribution in [-0.4, -0.2) is 27.6 Å². The number of anilines is 1. The van der Waals surface area contributed by atoms with E-state index in [0.29, 0.717) is 5.02 Å². The van der Waals surface area contributed by atoms with Crippen molar-refractivity contribution in [1.82, 2.24) is 0 Å². The van der Waals surface area contributed by atoms with E-state index in [9.17, 15) is 8.42 Å². The van der Waals surface area contributed by atoms with E-state index < -0.39 is 10.0 Å². The van der Waals surface area contributed by atoms with Crippen LogP contribution in [0.5, 0.6) is 5.75 Å². The van der Waals surface area contributed by atoms with Crippen LogP contribution in [0.2, 0.25) is 5.02 Å². The highest BCUT2D eigenvalue weighted by Gasteiger charge is 2.22. The molecule has 2 aromatic rings. The van der Waals surface area contributed by atoms with Crippen molar-refractivity contribution in [3.8, 4) is 5.75 Å². The van der Waals surface area contributed by atoms with Gasteiger partial charge in [-0.3, -0.25) is 0 Å². The van der Waals surface area contributed by atoms with Crippen molar-refractivity contribution < 1.29 is 13.2 Å². The van der Waals surface area contributed by atoms with Crippen LogP contribution in [0.1, 0.15) is 12.8 Å². The molecule has 1 aliphatic heterocycles. The van der Waals surface area contributed by atoms with Gasteiger partial charge in [0.15, 0.2) is 0 Å². The zero-order valence-electron chi connectivity index (χ0n) is 13.1. The first-order valence-electron chi connectivity index (χ1n) is 7.72.